The lowest BCUT2D eigenvalue weighted by molar-refractivity contribution is -0.130. The molecule has 1 amide bonds. The van der Waals surface area contributed by atoms with E-state index >= 15 is 0 Å². The van der Waals surface area contributed by atoms with Crippen molar-refractivity contribution in [3.8, 4) is 0 Å². The smallest absolute Gasteiger partial charge is 0.255 e. The zero-order valence-electron chi connectivity index (χ0n) is 11.2. The van der Waals surface area contributed by atoms with Crippen LogP contribution in [0.15, 0.2) is 24.3 Å². The Bertz CT molecular complexity index is 411. The molecular formula is C14H21NO2. The van der Waals surface area contributed by atoms with Gasteiger partial charge in [0.2, 0.25) is 0 Å². The van der Waals surface area contributed by atoms with Gasteiger partial charge in [0.15, 0.2) is 0 Å². The lowest BCUT2D eigenvalue weighted by atomic mass is 9.85. The van der Waals surface area contributed by atoms with E-state index in [1.807, 2.05) is 24.3 Å². The van der Waals surface area contributed by atoms with E-state index in [9.17, 15) is 9.90 Å². The SMILES string of the molecule is CC(C)(O)C(=O)Nc1ccccc1C(C)(C)C. The molecule has 0 aliphatic carbocycles. The largest absolute Gasteiger partial charge is 0.381 e. The number of hydrogen-bond acceptors (Lipinski definition) is 2. The van der Waals surface area contributed by atoms with E-state index in [1.54, 1.807) is 0 Å². The molecule has 94 valence electrons. The summed E-state index contributed by atoms with van der Waals surface area (Å²) in [5, 5.41) is 12.4. The van der Waals surface area contributed by atoms with Crippen molar-refractivity contribution in [3.63, 3.8) is 0 Å². The van der Waals surface area contributed by atoms with Crippen molar-refractivity contribution in [3.05, 3.63) is 29.8 Å². The minimum Gasteiger partial charge on any atom is -0.381 e. The van der Waals surface area contributed by atoms with Crippen LogP contribution in [0.5, 0.6) is 0 Å². The number of anilines is 1. The maximum atomic E-state index is 11.8. The summed E-state index contributed by atoms with van der Waals surface area (Å²) in [5.41, 5.74) is 0.388. The van der Waals surface area contributed by atoms with Crippen LogP contribution in [0.4, 0.5) is 5.69 Å². The molecule has 0 aromatic heterocycles. The van der Waals surface area contributed by atoms with Gasteiger partial charge in [0.05, 0.1) is 0 Å². The summed E-state index contributed by atoms with van der Waals surface area (Å²) in [6.45, 7) is 9.20. The quantitative estimate of drug-likeness (QED) is 0.828. The average molecular weight is 235 g/mol. The first-order chi connectivity index (χ1) is 7.62. The summed E-state index contributed by atoms with van der Waals surface area (Å²) < 4.78 is 0. The molecule has 0 heterocycles. The first kappa shape index (κ1) is 13.7. The van der Waals surface area contributed by atoms with Gasteiger partial charge in [0.1, 0.15) is 5.60 Å². The first-order valence-electron chi connectivity index (χ1n) is 5.76. The number of nitrogens with one attached hydrogen (secondary N) is 1. The zero-order chi connectivity index (χ0) is 13.3. The van der Waals surface area contributed by atoms with Gasteiger partial charge in [-0.15, -0.1) is 0 Å². The number of carbonyl (C=O) groups excluding carboxylic acids is 1. The van der Waals surface area contributed by atoms with Crippen molar-refractivity contribution in [2.24, 2.45) is 0 Å². The van der Waals surface area contributed by atoms with Crippen LogP contribution in [-0.4, -0.2) is 16.6 Å². The molecule has 0 bridgehead atoms. The van der Waals surface area contributed by atoms with Crippen molar-refractivity contribution < 1.29 is 9.90 Å². The minimum absolute atomic E-state index is 0.0521. The lowest BCUT2D eigenvalue weighted by Gasteiger charge is -2.24. The number of rotatable bonds is 2. The van der Waals surface area contributed by atoms with Gasteiger partial charge in [-0.05, 0) is 30.9 Å². The summed E-state index contributed by atoms with van der Waals surface area (Å²) in [6.07, 6.45) is 0. The van der Waals surface area contributed by atoms with Crippen molar-refractivity contribution in [1.82, 2.24) is 0 Å². The van der Waals surface area contributed by atoms with E-state index in [0.29, 0.717) is 0 Å². The van der Waals surface area contributed by atoms with E-state index in [1.165, 1.54) is 13.8 Å². The number of hydrogen-bond donors (Lipinski definition) is 2. The first-order valence-corrected chi connectivity index (χ1v) is 5.76. The molecule has 0 spiro atoms. The van der Waals surface area contributed by atoms with Crippen LogP contribution in [0.25, 0.3) is 0 Å². The van der Waals surface area contributed by atoms with Crippen molar-refractivity contribution in [1.29, 1.82) is 0 Å². The third-order valence-electron chi connectivity index (χ3n) is 2.54. The Morgan fingerprint density at radius 3 is 2.12 bits per heavy atom. The van der Waals surface area contributed by atoms with Crippen LogP contribution < -0.4 is 5.32 Å². The van der Waals surface area contributed by atoms with Crippen LogP contribution in [-0.2, 0) is 10.2 Å². The Balaban J connectivity index is 3.04. The lowest BCUT2D eigenvalue weighted by Crippen LogP contribution is -2.37. The predicted octanol–water partition coefficient (Wildman–Crippen LogP) is 2.69. The number of para-hydroxylation sites is 1. The molecule has 0 aliphatic rings. The second-order valence-electron chi connectivity index (χ2n) is 5.81. The molecule has 3 nitrogen and oxygen atoms in total. The highest BCUT2D eigenvalue weighted by molar-refractivity contribution is 5.97. The minimum atomic E-state index is -1.37. The fourth-order valence-electron chi connectivity index (χ4n) is 1.52. The molecular weight excluding hydrogens is 214 g/mol. The van der Waals surface area contributed by atoms with Gasteiger partial charge in [-0.25, -0.2) is 0 Å². The second kappa shape index (κ2) is 4.49. The van der Waals surface area contributed by atoms with Crippen LogP contribution in [0.1, 0.15) is 40.2 Å². The average Bonchev–Trinajstić information content (AvgIpc) is 2.15. The van der Waals surface area contributed by atoms with E-state index < -0.39 is 11.5 Å². The fraction of sp³-hybridized carbons (Fsp3) is 0.500. The van der Waals surface area contributed by atoms with Crippen molar-refractivity contribution in [2.75, 3.05) is 5.32 Å². The molecule has 0 saturated carbocycles. The summed E-state index contributed by atoms with van der Waals surface area (Å²) in [4.78, 5) is 11.8. The number of amides is 1. The standard InChI is InChI=1S/C14H21NO2/c1-13(2,3)10-8-6-7-9-11(10)15-12(16)14(4,5)17/h6-9,17H,1-5H3,(H,15,16). The molecule has 0 aliphatic heterocycles. The van der Waals surface area contributed by atoms with Crippen LogP contribution >= 0.6 is 0 Å². The molecule has 2 N–H and O–H groups in total. The highest BCUT2D eigenvalue weighted by atomic mass is 16.3. The summed E-state index contributed by atoms with van der Waals surface area (Å²) >= 11 is 0. The Hall–Kier alpha value is -1.35. The molecule has 3 heteroatoms. The van der Waals surface area contributed by atoms with E-state index in [-0.39, 0.29) is 5.41 Å². The molecule has 1 aromatic rings. The molecule has 0 fully saturated rings. The summed E-state index contributed by atoms with van der Waals surface area (Å²) in [6, 6.07) is 7.65. The third kappa shape index (κ3) is 3.56. The van der Waals surface area contributed by atoms with Gasteiger partial charge in [0.25, 0.3) is 5.91 Å². The van der Waals surface area contributed by atoms with Gasteiger partial charge >= 0.3 is 0 Å². The van der Waals surface area contributed by atoms with Gasteiger partial charge < -0.3 is 10.4 Å². The molecule has 1 aromatic carbocycles. The topological polar surface area (TPSA) is 49.3 Å². The molecule has 0 unspecified atom stereocenters. The molecule has 0 saturated heterocycles. The number of aliphatic hydroxyl groups is 1. The normalized spacial score (nSPS) is 12.4. The zero-order valence-corrected chi connectivity index (χ0v) is 11.2. The van der Waals surface area contributed by atoms with Crippen LogP contribution in [0.3, 0.4) is 0 Å². The maximum absolute atomic E-state index is 11.8. The Morgan fingerprint density at radius 1 is 1.12 bits per heavy atom. The van der Waals surface area contributed by atoms with Gasteiger partial charge in [0, 0.05) is 5.69 Å². The highest BCUT2D eigenvalue weighted by Crippen LogP contribution is 2.29. The van der Waals surface area contributed by atoms with Gasteiger partial charge in [-0.2, -0.15) is 0 Å². The maximum Gasteiger partial charge on any atom is 0.255 e. The third-order valence-corrected chi connectivity index (χ3v) is 2.54. The van der Waals surface area contributed by atoms with E-state index in [2.05, 4.69) is 26.1 Å². The van der Waals surface area contributed by atoms with Gasteiger partial charge in [-0.1, -0.05) is 39.0 Å². The molecule has 17 heavy (non-hydrogen) atoms. The van der Waals surface area contributed by atoms with Crippen LogP contribution in [0, 0.1) is 0 Å². The molecule has 0 radical (unpaired) electrons. The number of benzene rings is 1. The van der Waals surface area contributed by atoms with Gasteiger partial charge in [-0.3, -0.25) is 4.79 Å². The predicted molar refractivity (Wildman–Crippen MR) is 70.1 cm³/mol. The second-order valence-corrected chi connectivity index (χ2v) is 5.81. The summed E-state index contributed by atoms with van der Waals surface area (Å²) in [5.74, 6) is -0.394. The number of carbonyl (C=O) groups is 1. The molecule has 0 atom stereocenters. The fourth-order valence-corrected chi connectivity index (χ4v) is 1.52. The van der Waals surface area contributed by atoms with Crippen LogP contribution in [0.2, 0.25) is 0 Å². The molecule has 1 rings (SSSR count). The Labute approximate surface area is 103 Å². The van der Waals surface area contributed by atoms with E-state index in [0.717, 1.165) is 11.3 Å². The Kier molecular flexibility index (Phi) is 3.62. The monoisotopic (exact) mass is 235 g/mol. The van der Waals surface area contributed by atoms with Crippen molar-refractivity contribution in [2.45, 2.75) is 45.6 Å². The highest BCUT2D eigenvalue weighted by Gasteiger charge is 2.26. The van der Waals surface area contributed by atoms with E-state index in [4.69, 9.17) is 0 Å². The summed E-state index contributed by atoms with van der Waals surface area (Å²) in [7, 11) is 0. The Morgan fingerprint density at radius 2 is 1.65 bits per heavy atom. The van der Waals surface area contributed by atoms with Crippen molar-refractivity contribution >= 4 is 11.6 Å².